The average molecular weight is 570 g/mol. The minimum absolute atomic E-state index is 0. The molecule has 2 rings (SSSR count). The van der Waals surface area contributed by atoms with Crippen LogP contribution in [-0.4, -0.2) is 50.8 Å². The summed E-state index contributed by atoms with van der Waals surface area (Å²) in [6.07, 6.45) is -4.31. The number of benzene rings is 1. The van der Waals surface area contributed by atoms with E-state index < -0.39 is 12.8 Å². The predicted octanol–water partition coefficient (Wildman–Crippen LogP) is 4.80. The van der Waals surface area contributed by atoms with Gasteiger partial charge in [0.25, 0.3) is 0 Å². The van der Waals surface area contributed by atoms with E-state index in [1.165, 1.54) is 4.88 Å². The van der Waals surface area contributed by atoms with Gasteiger partial charge in [0.05, 0.1) is 19.2 Å². The van der Waals surface area contributed by atoms with Crippen molar-refractivity contribution in [1.82, 2.24) is 15.5 Å². The number of alkyl halides is 3. The maximum Gasteiger partial charge on any atom is 0.411 e. The van der Waals surface area contributed by atoms with Gasteiger partial charge in [0.2, 0.25) is 0 Å². The summed E-state index contributed by atoms with van der Waals surface area (Å²) >= 11 is 1.73. The molecule has 2 N–H and O–H groups in total. The Morgan fingerprint density at radius 3 is 2.35 bits per heavy atom. The zero-order valence-electron chi connectivity index (χ0n) is 17.9. The fourth-order valence-electron chi connectivity index (χ4n) is 2.75. The number of aliphatic imine (C=N–C) groups is 1. The van der Waals surface area contributed by atoms with E-state index in [0.29, 0.717) is 12.1 Å². The van der Waals surface area contributed by atoms with Crippen molar-refractivity contribution in [3.63, 3.8) is 0 Å². The highest BCUT2D eigenvalue weighted by atomic mass is 127. The van der Waals surface area contributed by atoms with E-state index in [0.717, 1.165) is 24.6 Å². The molecule has 0 fully saturated rings. The van der Waals surface area contributed by atoms with Gasteiger partial charge in [0.15, 0.2) is 5.96 Å². The highest BCUT2D eigenvalue weighted by Gasteiger charge is 2.27. The SMILES string of the molecule is CCNC(=NCc1ccc(COCC(F)(F)F)cc1)NCC(c1cccs1)N(C)C.I. The van der Waals surface area contributed by atoms with Crippen molar-refractivity contribution in [2.45, 2.75) is 32.3 Å². The zero-order valence-corrected chi connectivity index (χ0v) is 21.1. The van der Waals surface area contributed by atoms with E-state index in [2.05, 4.69) is 50.8 Å². The summed E-state index contributed by atoms with van der Waals surface area (Å²) in [6.45, 7) is 2.63. The molecule has 5 nitrogen and oxygen atoms in total. The van der Waals surface area contributed by atoms with Crippen LogP contribution in [-0.2, 0) is 17.9 Å². The Morgan fingerprint density at radius 1 is 1.13 bits per heavy atom. The van der Waals surface area contributed by atoms with Crippen LogP contribution >= 0.6 is 35.3 Å². The summed E-state index contributed by atoms with van der Waals surface area (Å²) in [7, 11) is 4.10. The molecule has 2 aromatic rings. The topological polar surface area (TPSA) is 48.9 Å². The molecule has 31 heavy (non-hydrogen) atoms. The molecule has 174 valence electrons. The van der Waals surface area contributed by atoms with E-state index in [9.17, 15) is 13.2 Å². The van der Waals surface area contributed by atoms with Gasteiger partial charge in [0, 0.05) is 18.0 Å². The molecule has 0 amide bonds. The minimum Gasteiger partial charge on any atom is -0.367 e. The Morgan fingerprint density at radius 2 is 1.81 bits per heavy atom. The van der Waals surface area contributed by atoms with E-state index in [1.54, 1.807) is 23.5 Å². The molecule has 1 heterocycles. The first kappa shape index (κ1) is 27.7. The van der Waals surface area contributed by atoms with Crippen molar-refractivity contribution >= 4 is 41.3 Å². The lowest BCUT2D eigenvalue weighted by Gasteiger charge is -2.24. The van der Waals surface area contributed by atoms with Crippen LogP contribution in [0.15, 0.2) is 46.8 Å². The molecule has 0 saturated heterocycles. The quantitative estimate of drug-likeness (QED) is 0.245. The lowest BCUT2D eigenvalue weighted by molar-refractivity contribution is -0.176. The molecule has 1 unspecified atom stereocenters. The van der Waals surface area contributed by atoms with Gasteiger partial charge in [-0.3, -0.25) is 0 Å². The summed E-state index contributed by atoms with van der Waals surface area (Å²) in [5, 5.41) is 8.71. The molecule has 0 aliphatic rings. The molecule has 0 radical (unpaired) electrons. The normalized spacial score (nSPS) is 13.1. The Kier molecular flexibility index (Phi) is 12.4. The summed E-state index contributed by atoms with van der Waals surface area (Å²) in [5.41, 5.74) is 1.66. The van der Waals surface area contributed by atoms with Crippen molar-refractivity contribution < 1.29 is 17.9 Å². The first-order chi connectivity index (χ1) is 14.3. The van der Waals surface area contributed by atoms with Gasteiger partial charge in [-0.1, -0.05) is 30.3 Å². The third-order valence-corrected chi connectivity index (χ3v) is 5.25. The average Bonchev–Trinajstić information content (AvgIpc) is 3.20. The number of hydrogen-bond acceptors (Lipinski definition) is 4. The van der Waals surface area contributed by atoms with Gasteiger partial charge in [0.1, 0.15) is 6.61 Å². The highest BCUT2D eigenvalue weighted by molar-refractivity contribution is 14.0. The maximum absolute atomic E-state index is 12.1. The Bertz CT molecular complexity index is 768. The van der Waals surface area contributed by atoms with Crippen LogP contribution in [0.2, 0.25) is 0 Å². The fraction of sp³-hybridized carbons (Fsp3) is 0.476. The minimum atomic E-state index is -4.31. The first-order valence-electron chi connectivity index (χ1n) is 9.73. The molecule has 0 spiro atoms. The molecular formula is C21H30F3IN4OS. The molecule has 1 aromatic heterocycles. The van der Waals surface area contributed by atoms with Gasteiger partial charge < -0.3 is 20.3 Å². The molecule has 0 bridgehead atoms. The molecule has 0 aliphatic heterocycles. The van der Waals surface area contributed by atoms with Gasteiger partial charge >= 0.3 is 6.18 Å². The number of halogens is 4. The number of nitrogens with one attached hydrogen (secondary N) is 2. The number of nitrogens with zero attached hydrogens (tertiary/aromatic N) is 2. The van der Waals surface area contributed by atoms with Crippen molar-refractivity contribution in [2.24, 2.45) is 4.99 Å². The second-order valence-electron chi connectivity index (χ2n) is 7.00. The number of thiophene rings is 1. The van der Waals surface area contributed by atoms with Crippen molar-refractivity contribution in [3.05, 3.63) is 57.8 Å². The second-order valence-corrected chi connectivity index (χ2v) is 7.97. The Hall–Kier alpha value is -1.37. The Balaban J connectivity index is 0.00000480. The van der Waals surface area contributed by atoms with Crippen LogP contribution in [0.5, 0.6) is 0 Å². The second kappa shape index (κ2) is 13.9. The smallest absolute Gasteiger partial charge is 0.367 e. The molecule has 0 saturated carbocycles. The van der Waals surface area contributed by atoms with E-state index in [-0.39, 0.29) is 36.6 Å². The lowest BCUT2D eigenvalue weighted by Crippen LogP contribution is -2.41. The third kappa shape index (κ3) is 10.7. The standard InChI is InChI=1S/C21H29F3N4OS.HI/c1-4-25-20(27-13-18(28(2)3)19-6-5-11-30-19)26-12-16-7-9-17(10-8-16)14-29-15-21(22,23)24;/h5-11,18H,4,12-15H2,1-3H3,(H2,25,26,27);1H. The summed E-state index contributed by atoms with van der Waals surface area (Å²) in [4.78, 5) is 8.07. The molecule has 1 atom stereocenters. The van der Waals surface area contributed by atoms with E-state index in [4.69, 9.17) is 0 Å². The highest BCUT2D eigenvalue weighted by Crippen LogP contribution is 2.22. The van der Waals surface area contributed by atoms with Crippen molar-refractivity contribution in [3.8, 4) is 0 Å². The molecule has 0 aliphatic carbocycles. The van der Waals surface area contributed by atoms with Crippen molar-refractivity contribution in [2.75, 3.05) is 33.8 Å². The van der Waals surface area contributed by atoms with Crippen LogP contribution in [0.3, 0.4) is 0 Å². The van der Waals surface area contributed by atoms with Crippen LogP contribution in [0.1, 0.15) is 29.0 Å². The number of likely N-dealkylation sites (N-methyl/N-ethyl adjacent to an activating group) is 1. The van der Waals surface area contributed by atoms with Crippen molar-refractivity contribution in [1.29, 1.82) is 0 Å². The van der Waals surface area contributed by atoms with Gasteiger partial charge in [-0.25, -0.2) is 4.99 Å². The number of guanidine groups is 1. The number of hydrogen-bond donors (Lipinski definition) is 2. The zero-order chi connectivity index (χ0) is 22.0. The molecule has 10 heteroatoms. The van der Waals surface area contributed by atoms with Gasteiger partial charge in [-0.05, 0) is 43.6 Å². The van der Waals surface area contributed by atoms with Crippen LogP contribution < -0.4 is 10.6 Å². The van der Waals surface area contributed by atoms with E-state index in [1.807, 2.05) is 25.1 Å². The maximum atomic E-state index is 12.1. The number of rotatable bonds is 10. The van der Waals surface area contributed by atoms with Gasteiger partial charge in [-0.15, -0.1) is 35.3 Å². The molecular weight excluding hydrogens is 540 g/mol. The monoisotopic (exact) mass is 570 g/mol. The van der Waals surface area contributed by atoms with Crippen LogP contribution in [0.4, 0.5) is 13.2 Å². The fourth-order valence-corrected chi connectivity index (χ4v) is 3.67. The Labute approximate surface area is 203 Å². The van der Waals surface area contributed by atoms with Crippen LogP contribution in [0.25, 0.3) is 0 Å². The van der Waals surface area contributed by atoms with E-state index >= 15 is 0 Å². The third-order valence-electron chi connectivity index (χ3n) is 4.28. The lowest BCUT2D eigenvalue weighted by atomic mass is 10.1. The predicted molar refractivity (Wildman–Crippen MR) is 131 cm³/mol. The summed E-state index contributed by atoms with van der Waals surface area (Å²) in [6, 6.07) is 11.7. The largest absolute Gasteiger partial charge is 0.411 e. The summed E-state index contributed by atoms with van der Waals surface area (Å²) in [5.74, 6) is 0.721. The molecule has 1 aromatic carbocycles. The summed E-state index contributed by atoms with van der Waals surface area (Å²) < 4.78 is 41.1. The van der Waals surface area contributed by atoms with Gasteiger partial charge in [-0.2, -0.15) is 13.2 Å². The van der Waals surface area contributed by atoms with Crippen LogP contribution in [0, 0.1) is 0 Å². The first-order valence-corrected chi connectivity index (χ1v) is 10.6. The number of ether oxygens (including phenoxy) is 1.